The molecule has 80 valence electrons. The van der Waals surface area contributed by atoms with Crippen molar-refractivity contribution in [2.45, 2.75) is 0 Å². The molecule has 1 heterocycles. The van der Waals surface area contributed by atoms with Gasteiger partial charge in [-0.25, -0.2) is 0 Å². The van der Waals surface area contributed by atoms with Gasteiger partial charge in [0.1, 0.15) is 4.64 Å². The number of aromatic amines is 1. The molecule has 0 aliphatic rings. The van der Waals surface area contributed by atoms with E-state index in [2.05, 4.69) is 17.2 Å². The summed E-state index contributed by atoms with van der Waals surface area (Å²) in [6, 6.07) is 14.4. The van der Waals surface area contributed by atoms with Crippen LogP contribution in [0.15, 0.2) is 48.5 Å². The molecule has 0 atom stereocenters. The van der Waals surface area contributed by atoms with Gasteiger partial charge in [0.25, 0.3) is 0 Å². The van der Waals surface area contributed by atoms with E-state index in [1.807, 2.05) is 30.3 Å². The molecule has 0 amide bonds. The molecule has 0 radical (unpaired) electrons. The maximum Gasteiger partial charge on any atom is 0.189 e. The van der Waals surface area contributed by atoms with Crippen molar-refractivity contribution in [3.63, 3.8) is 0 Å². The number of nitrogens with one attached hydrogen (secondary N) is 1. The zero-order valence-electron chi connectivity index (χ0n) is 8.76. The first kappa shape index (κ1) is 14.8. The van der Waals surface area contributed by atoms with Crippen LogP contribution < -0.4 is 5.73 Å². The average molecular weight is 286 g/mol. The fraction of sp³-hybridized carbons (Fsp3) is 0. The quantitative estimate of drug-likeness (QED) is 0.396. The molecule has 1 aromatic heterocycles. The minimum atomic E-state index is 0. The van der Waals surface area contributed by atoms with Crippen LogP contribution in [0, 0.1) is 4.64 Å². The summed E-state index contributed by atoms with van der Waals surface area (Å²) in [5.41, 5.74) is 6.18. The average Bonchev–Trinajstić information content (AvgIpc) is 2.19. The summed E-state index contributed by atoms with van der Waals surface area (Å²) in [6.07, 6.45) is 0. The molecule has 0 bridgehead atoms. The predicted octanol–water partition coefficient (Wildman–Crippen LogP) is 2.72. The molecule has 2 rings (SSSR count). The number of hydrogen-bond donors (Lipinski definition) is 3. The van der Waals surface area contributed by atoms with Crippen molar-refractivity contribution < 1.29 is 24.6 Å². The van der Waals surface area contributed by atoms with Gasteiger partial charge < -0.3 is 15.8 Å². The number of pyridine rings is 1. The molecular weight excluding hydrogens is 274 g/mol. The number of aromatic hydroxyl groups is 1. The van der Waals surface area contributed by atoms with Gasteiger partial charge in [0.15, 0.2) is 5.88 Å². The molecule has 16 heavy (non-hydrogen) atoms. The van der Waals surface area contributed by atoms with E-state index in [9.17, 15) is 0 Å². The Morgan fingerprint density at radius 3 is 1.94 bits per heavy atom. The van der Waals surface area contributed by atoms with Crippen molar-refractivity contribution in [1.29, 1.82) is 0 Å². The minimum absolute atomic E-state index is 0. The molecule has 5 heteroatoms. The molecule has 0 unspecified atom stereocenters. The van der Waals surface area contributed by atoms with E-state index in [4.69, 9.17) is 10.8 Å². The number of anilines is 1. The summed E-state index contributed by atoms with van der Waals surface area (Å²) in [4.78, 5) is 2.54. The van der Waals surface area contributed by atoms with Crippen LogP contribution in [0.4, 0.5) is 5.69 Å². The molecule has 0 saturated heterocycles. The number of nitrogen functional groups attached to an aromatic ring is 1. The van der Waals surface area contributed by atoms with Crippen LogP contribution in [-0.4, -0.2) is 10.1 Å². The smallest absolute Gasteiger partial charge is 0.189 e. The standard InChI is InChI=1S/C6H7N.C5H5NOS.Zn/c7-6-4-2-1-3-5-6;7-4-2-1-3-5(8)6-4;/h1-5H,7H2;1-3H,(H2,6,7,8);. The van der Waals surface area contributed by atoms with E-state index in [1.165, 1.54) is 6.07 Å². The first-order valence-corrected chi connectivity index (χ1v) is 4.78. The van der Waals surface area contributed by atoms with Crippen molar-refractivity contribution in [3.05, 3.63) is 53.2 Å². The third-order valence-corrected chi connectivity index (χ3v) is 1.79. The number of H-pyrrole nitrogens is 1. The molecule has 0 aliphatic carbocycles. The van der Waals surface area contributed by atoms with Gasteiger partial charge in [-0.15, -0.1) is 0 Å². The molecule has 2 aromatic rings. The molecule has 0 aliphatic heterocycles. The monoisotopic (exact) mass is 284 g/mol. The predicted molar refractivity (Wildman–Crippen MR) is 64.1 cm³/mol. The van der Waals surface area contributed by atoms with Crippen molar-refractivity contribution in [3.8, 4) is 5.88 Å². The Bertz CT molecular complexity index is 459. The first-order chi connectivity index (χ1) is 7.18. The number of hydrogen-bond acceptors (Lipinski definition) is 3. The van der Waals surface area contributed by atoms with Gasteiger partial charge in [-0.1, -0.05) is 36.5 Å². The van der Waals surface area contributed by atoms with E-state index in [0.29, 0.717) is 4.64 Å². The fourth-order valence-corrected chi connectivity index (χ4v) is 1.07. The second-order valence-electron chi connectivity index (χ2n) is 2.81. The molecule has 3 nitrogen and oxygen atoms in total. The maximum atomic E-state index is 8.69. The number of aromatic nitrogens is 1. The van der Waals surface area contributed by atoms with E-state index >= 15 is 0 Å². The number of benzene rings is 1. The Morgan fingerprint density at radius 1 is 1.00 bits per heavy atom. The molecule has 0 spiro atoms. The minimum Gasteiger partial charge on any atom is -0.495 e. The fourth-order valence-electron chi connectivity index (χ4n) is 0.889. The van der Waals surface area contributed by atoms with Crippen LogP contribution in [0.5, 0.6) is 5.88 Å². The van der Waals surface area contributed by atoms with Gasteiger partial charge in [-0.05, 0) is 24.3 Å². The van der Waals surface area contributed by atoms with E-state index in [0.717, 1.165) is 5.69 Å². The zero-order valence-corrected chi connectivity index (χ0v) is 12.5. The largest absolute Gasteiger partial charge is 0.495 e. The van der Waals surface area contributed by atoms with E-state index in [1.54, 1.807) is 12.1 Å². The second-order valence-corrected chi connectivity index (χ2v) is 3.25. The molecule has 0 fully saturated rings. The van der Waals surface area contributed by atoms with Crippen LogP contribution in [-0.2, 0) is 19.5 Å². The number of nitrogens with two attached hydrogens (primary N) is 1. The van der Waals surface area contributed by atoms with Gasteiger partial charge in [-0.3, -0.25) is 0 Å². The van der Waals surface area contributed by atoms with Crippen molar-refractivity contribution in [2.75, 3.05) is 5.73 Å². The van der Waals surface area contributed by atoms with Crippen LogP contribution in [0.2, 0.25) is 0 Å². The van der Waals surface area contributed by atoms with Gasteiger partial charge in [-0.2, -0.15) is 0 Å². The second kappa shape index (κ2) is 8.02. The summed E-state index contributed by atoms with van der Waals surface area (Å²) in [7, 11) is 0. The van der Waals surface area contributed by atoms with Crippen molar-refractivity contribution in [1.82, 2.24) is 4.98 Å². The Hall–Kier alpha value is -1.19. The Kier molecular flexibility index (Phi) is 7.43. The normalized spacial score (nSPS) is 8.25. The summed E-state index contributed by atoms with van der Waals surface area (Å²) >= 11 is 4.68. The van der Waals surface area contributed by atoms with Crippen LogP contribution >= 0.6 is 12.2 Å². The molecule has 0 saturated carbocycles. The Labute approximate surface area is 112 Å². The SMILES string of the molecule is Nc1ccccc1.Oc1cccc(=S)[nH]1.[Zn]. The van der Waals surface area contributed by atoms with Gasteiger partial charge in [0, 0.05) is 25.2 Å². The van der Waals surface area contributed by atoms with Crippen molar-refractivity contribution in [2.24, 2.45) is 0 Å². The van der Waals surface area contributed by atoms with Crippen LogP contribution in [0.1, 0.15) is 0 Å². The van der Waals surface area contributed by atoms with Gasteiger partial charge in [0.05, 0.1) is 0 Å². The summed E-state index contributed by atoms with van der Waals surface area (Å²) in [5, 5.41) is 8.69. The van der Waals surface area contributed by atoms with E-state index in [-0.39, 0.29) is 25.4 Å². The van der Waals surface area contributed by atoms with Crippen molar-refractivity contribution >= 4 is 17.9 Å². The summed E-state index contributed by atoms with van der Waals surface area (Å²) in [5.74, 6) is 0.109. The van der Waals surface area contributed by atoms with Gasteiger partial charge >= 0.3 is 0 Å². The molecular formula is C11H12N2OSZn. The van der Waals surface area contributed by atoms with Gasteiger partial charge in [0.2, 0.25) is 0 Å². The molecule has 4 N–H and O–H groups in total. The third kappa shape index (κ3) is 6.33. The number of para-hydroxylation sites is 1. The third-order valence-electron chi connectivity index (χ3n) is 1.55. The van der Waals surface area contributed by atoms with Crippen LogP contribution in [0.25, 0.3) is 0 Å². The number of rotatable bonds is 0. The van der Waals surface area contributed by atoms with E-state index < -0.39 is 0 Å². The summed E-state index contributed by atoms with van der Waals surface area (Å²) < 4.78 is 0.546. The van der Waals surface area contributed by atoms with Crippen LogP contribution in [0.3, 0.4) is 0 Å². The Balaban J connectivity index is 0.000000267. The Morgan fingerprint density at radius 2 is 1.62 bits per heavy atom. The molecule has 1 aromatic carbocycles. The maximum absolute atomic E-state index is 8.69. The zero-order chi connectivity index (χ0) is 11.1. The first-order valence-electron chi connectivity index (χ1n) is 4.37. The summed E-state index contributed by atoms with van der Waals surface area (Å²) in [6.45, 7) is 0. The topological polar surface area (TPSA) is 62.0 Å².